The Kier molecular flexibility index (Phi) is 7.51. The van der Waals surface area contributed by atoms with E-state index in [9.17, 15) is 14.0 Å². The molecular formula is C24H38FNO5Si. The Hall–Kier alpha value is -1.93. The van der Waals surface area contributed by atoms with Crippen LogP contribution < -0.4 is 0 Å². The first-order valence-corrected chi connectivity index (χ1v) is 13.9. The summed E-state index contributed by atoms with van der Waals surface area (Å²) in [6.45, 7) is 16.3. The molecule has 0 radical (unpaired) electrons. The molecule has 1 aromatic rings. The predicted octanol–water partition coefficient (Wildman–Crippen LogP) is 5.31. The van der Waals surface area contributed by atoms with Gasteiger partial charge in [0.15, 0.2) is 8.32 Å². The number of amides is 1. The first-order chi connectivity index (χ1) is 14.5. The Morgan fingerprint density at radius 2 is 1.69 bits per heavy atom. The average molecular weight is 468 g/mol. The van der Waals surface area contributed by atoms with E-state index < -0.39 is 31.5 Å². The molecule has 1 aliphatic heterocycles. The SMILES string of the molecule is COC(=O)[C@@]1(Cc2ccc(F)cc2)C[C@@H](O[Si](C)(C)C(C)(C)C)CN1C(=O)OC(C)(C)C. The van der Waals surface area contributed by atoms with Crippen LogP contribution in [0.5, 0.6) is 0 Å². The fourth-order valence-corrected chi connectivity index (χ4v) is 5.08. The van der Waals surface area contributed by atoms with Gasteiger partial charge in [-0.1, -0.05) is 32.9 Å². The number of hydrogen-bond acceptors (Lipinski definition) is 5. The molecular weight excluding hydrogens is 429 g/mol. The van der Waals surface area contributed by atoms with Crippen molar-refractivity contribution in [2.24, 2.45) is 0 Å². The molecule has 1 aromatic carbocycles. The summed E-state index contributed by atoms with van der Waals surface area (Å²) < 4.78 is 30.9. The number of ether oxygens (including phenoxy) is 2. The Bertz CT molecular complexity index is 828. The number of esters is 1. The van der Waals surface area contributed by atoms with Gasteiger partial charge in [0, 0.05) is 12.8 Å². The second kappa shape index (κ2) is 9.13. The lowest BCUT2D eigenvalue weighted by atomic mass is 9.87. The molecule has 0 aromatic heterocycles. The topological polar surface area (TPSA) is 65.1 Å². The number of benzene rings is 1. The number of halogens is 1. The molecule has 0 bridgehead atoms. The standard InChI is InChI=1S/C24H38FNO5Si/c1-22(2,3)30-21(28)26-16-19(31-32(8,9)23(4,5)6)15-24(26,20(27)29-7)14-17-10-12-18(25)13-11-17/h10-13,19H,14-16H2,1-9H3/t19-,24-/m1/s1. The van der Waals surface area contributed by atoms with E-state index in [4.69, 9.17) is 13.9 Å². The van der Waals surface area contributed by atoms with Gasteiger partial charge in [-0.25, -0.2) is 14.0 Å². The van der Waals surface area contributed by atoms with Gasteiger partial charge in [0.05, 0.1) is 19.8 Å². The van der Waals surface area contributed by atoms with Crippen molar-refractivity contribution >= 4 is 20.4 Å². The highest BCUT2D eigenvalue weighted by atomic mass is 28.4. The van der Waals surface area contributed by atoms with Crippen LogP contribution in [0.4, 0.5) is 9.18 Å². The van der Waals surface area contributed by atoms with Crippen molar-refractivity contribution in [1.82, 2.24) is 4.90 Å². The maximum atomic E-state index is 13.5. The molecule has 0 aliphatic carbocycles. The molecule has 6 nitrogen and oxygen atoms in total. The summed E-state index contributed by atoms with van der Waals surface area (Å²) in [6, 6.07) is 5.93. The van der Waals surface area contributed by atoms with Crippen LogP contribution in [-0.4, -0.2) is 56.2 Å². The van der Waals surface area contributed by atoms with Crippen molar-refractivity contribution in [2.75, 3.05) is 13.7 Å². The number of rotatable bonds is 5. The number of hydrogen-bond donors (Lipinski definition) is 0. The fourth-order valence-electron chi connectivity index (χ4n) is 3.73. The number of nitrogens with zero attached hydrogens (tertiary/aromatic N) is 1. The Morgan fingerprint density at radius 1 is 1.12 bits per heavy atom. The van der Waals surface area contributed by atoms with Crippen LogP contribution in [0, 0.1) is 5.82 Å². The molecule has 1 heterocycles. The molecule has 0 N–H and O–H groups in total. The van der Waals surface area contributed by atoms with Crippen LogP contribution in [0.1, 0.15) is 53.5 Å². The van der Waals surface area contributed by atoms with E-state index in [0.29, 0.717) is 0 Å². The molecule has 2 rings (SSSR count). The summed E-state index contributed by atoms with van der Waals surface area (Å²) in [5.41, 5.74) is -1.31. The van der Waals surface area contributed by atoms with Crippen LogP contribution >= 0.6 is 0 Å². The second-order valence-electron chi connectivity index (χ2n) is 11.1. The summed E-state index contributed by atoms with van der Waals surface area (Å²) in [4.78, 5) is 27.9. The molecule has 0 saturated carbocycles. The number of carbonyl (C=O) groups is 2. The molecule has 1 aliphatic rings. The maximum absolute atomic E-state index is 13.5. The Morgan fingerprint density at radius 3 is 2.16 bits per heavy atom. The largest absolute Gasteiger partial charge is 0.467 e. The molecule has 1 fully saturated rings. The fraction of sp³-hybridized carbons (Fsp3) is 0.667. The smallest absolute Gasteiger partial charge is 0.411 e. The quantitative estimate of drug-likeness (QED) is 0.434. The van der Waals surface area contributed by atoms with Crippen molar-refractivity contribution in [3.8, 4) is 0 Å². The molecule has 180 valence electrons. The van der Waals surface area contributed by atoms with Gasteiger partial charge in [0.25, 0.3) is 0 Å². The molecule has 32 heavy (non-hydrogen) atoms. The van der Waals surface area contributed by atoms with Gasteiger partial charge in [-0.05, 0) is 56.6 Å². The summed E-state index contributed by atoms with van der Waals surface area (Å²) in [5.74, 6) is -0.899. The highest BCUT2D eigenvalue weighted by Crippen LogP contribution is 2.42. The average Bonchev–Trinajstić information content (AvgIpc) is 2.99. The normalized spacial score (nSPS) is 22.1. The molecule has 8 heteroatoms. The van der Waals surface area contributed by atoms with Crippen LogP contribution in [0.3, 0.4) is 0 Å². The predicted molar refractivity (Wildman–Crippen MR) is 124 cm³/mol. The van der Waals surface area contributed by atoms with E-state index in [1.54, 1.807) is 32.9 Å². The van der Waals surface area contributed by atoms with Crippen LogP contribution in [-0.2, 0) is 25.1 Å². The zero-order valence-corrected chi connectivity index (χ0v) is 21.9. The van der Waals surface area contributed by atoms with Crippen molar-refractivity contribution in [1.29, 1.82) is 0 Å². The van der Waals surface area contributed by atoms with E-state index in [2.05, 4.69) is 33.9 Å². The van der Waals surface area contributed by atoms with Gasteiger partial charge in [0.2, 0.25) is 0 Å². The molecule has 1 amide bonds. The molecule has 0 spiro atoms. The zero-order valence-electron chi connectivity index (χ0n) is 20.9. The van der Waals surface area contributed by atoms with Crippen molar-refractivity contribution in [3.05, 3.63) is 35.6 Å². The molecule has 2 atom stereocenters. The molecule has 0 unspecified atom stereocenters. The molecule has 1 saturated heterocycles. The first-order valence-electron chi connectivity index (χ1n) is 11.0. The van der Waals surface area contributed by atoms with Gasteiger partial charge in [-0.15, -0.1) is 0 Å². The third kappa shape index (κ3) is 5.89. The number of methoxy groups -OCH3 is 1. The van der Waals surface area contributed by atoms with E-state index >= 15 is 0 Å². The first kappa shape index (κ1) is 26.3. The van der Waals surface area contributed by atoms with Crippen LogP contribution in [0.25, 0.3) is 0 Å². The monoisotopic (exact) mass is 467 g/mol. The van der Waals surface area contributed by atoms with E-state index in [0.717, 1.165) is 5.56 Å². The van der Waals surface area contributed by atoms with Gasteiger partial charge >= 0.3 is 12.1 Å². The van der Waals surface area contributed by atoms with E-state index in [-0.39, 0.29) is 36.3 Å². The van der Waals surface area contributed by atoms with Gasteiger partial charge in [-0.2, -0.15) is 0 Å². The van der Waals surface area contributed by atoms with E-state index in [1.807, 2.05) is 0 Å². The number of carbonyl (C=O) groups excluding carboxylic acids is 2. The highest BCUT2D eigenvalue weighted by molar-refractivity contribution is 6.74. The van der Waals surface area contributed by atoms with Crippen LogP contribution in [0.15, 0.2) is 24.3 Å². The summed E-state index contributed by atoms with van der Waals surface area (Å²) in [5, 5.41) is -0.0305. The second-order valence-corrected chi connectivity index (χ2v) is 15.9. The minimum atomic E-state index is -2.17. The van der Waals surface area contributed by atoms with Gasteiger partial charge in [-0.3, -0.25) is 4.90 Å². The lowest BCUT2D eigenvalue weighted by Crippen LogP contribution is -2.56. The van der Waals surface area contributed by atoms with Gasteiger partial charge < -0.3 is 13.9 Å². The van der Waals surface area contributed by atoms with Crippen molar-refractivity contribution in [3.63, 3.8) is 0 Å². The maximum Gasteiger partial charge on any atom is 0.411 e. The number of likely N-dealkylation sites (tertiary alicyclic amines) is 1. The van der Waals surface area contributed by atoms with Crippen LogP contribution in [0.2, 0.25) is 18.1 Å². The van der Waals surface area contributed by atoms with E-state index in [1.165, 1.54) is 24.1 Å². The van der Waals surface area contributed by atoms with Gasteiger partial charge in [0.1, 0.15) is 17.0 Å². The summed E-state index contributed by atoms with van der Waals surface area (Å²) in [7, 11) is -0.859. The third-order valence-corrected chi connectivity index (χ3v) is 10.9. The lowest BCUT2D eigenvalue weighted by Gasteiger charge is -2.38. The van der Waals surface area contributed by atoms with Crippen molar-refractivity contribution < 1.29 is 27.9 Å². The highest BCUT2D eigenvalue weighted by Gasteiger charge is 2.57. The zero-order chi connectivity index (χ0) is 24.5. The third-order valence-electron chi connectivity index (χ3n) is 6.32. The Balaban J connectivity index is 2.49. The minimum absolute atomic E-state index is 0.0305. The summed E-state index contributed by atoms with van der Waals surface area (Å²) in [6.07, 6.45) is -0.478. The Labute approximate surface area is 192 Å². The lowest BCUT2D eigenvalue weighted by molar-refractivity contribution is -0.153. The van der Waals surface area contributed by atoms with Crippen molar-refractivity contribution in [2.45, 2.75) is 89.8 Å². The summed E-state index contributed by atoms with van der Waals surface area (Å²) >= 11 is 0. The minimum Gasteiger partial charge on any atom is -0.467 e.